The highest BCUT2D eigenvalue weighted by molar-refractivity contribution is 9.10. The van der Waals surface area contributed by atoms with Crippen molar-refractivity contribution >= 4 is 21.6 Å². The van der Waals surface area contributed by atoms with Gasteiger partial charge in [-0.1, -0.05) is 18.9 Å². The molecule has 0 saturated heterocycles. The molecule has 1 N–H and O–H groups in total. The van der Waals surface area contributed by atoms with E-state index in [1.54, 1.807) is 0 Å². The highest BCUT2D eigenvalue weighted by Gasteiger charge is 2.38. The molecule has 3 rings (SSSR count). The second-order valence-corrected chi connectivity index (χ2v) is 5.37. The molecule has 1 aliphatic carbocycles. The number of fused-ring (bicyclic) bond motifs is 1. The highest BCUT2D eigenvalue weighted by Crippen LogP contribution is 2.43. The molecule has 1 aromatic rings. The van der Waals surface area contributed by atoms with Crippen molar-refractivity contribution in [3.8, 4) is 5.75 Å². The molecule has 2 aliphatic rings. The maximum atomic E-state index is 5.88. The van der Waals surface area contributed by atoms with Crippen LogP contribution in [0.5, 0.6) is 5.75 Å². The minimum Gasteiger partial charge on any atom is -0.488 e. The van der Waals surface area contributed by atoms with E-state index in [-0.39, 0.29) is 5.54 Å². The molecule has 0 atom stereocenters. The first kappa shape index (κ1) is 9.52. The molecule has 0 amide bonds. The SMILES string of the molecule is Brc1cccc2c1OCC1(CCCC1)N2. The van der Waals surface area contributed by atoms with Crippen LogP contribution < -0.4 is 10.1 Å². The molecule has 0 bridgehead atoms. The largest absolute Gasteiger partial charge is 0.488 e. The van der Waals surface area contributed by atoms with Crippen LogP contribution in [0.2, 0.25) is 0 Å². The van der Waals surface area contributed by atoms with Gasteiger partial charge in [0, 0.05) is 0 Å². The summed E-state index contributed by atoms with van der Waals surface area (Å²) in [5, 5.41) is 3.66. The third kappa shape index (κ3) is 1.53. The fourth-order valence-corrected chi connectivity index (χ4v) is 3.09. The maximum Gasteiger partial charge on any atom is 0.156 e. The van der Waals surface area contributed by atoms with Crippen LogP contribution >= 0.6 is 15.9 Å². The molecule has 1 saturated carbocycles. The first-order valence-corrected chi connectivity index (χ1v) is 6.28. The topological polar surface area (TPSA) is 21.3 Å². The Morgan fingerprint density at radius 3 is 2.87 bits per heavy atom. The standard InChI is InChI=1S/C12H14BrNO/c13-9-4-3-5-10-11(9)15-8-12(14-10)6-1-2-7-12/h3-5,14H,1-2,6-8H2. The second-order valence-electron chi connectivity index (χ2n) is 4.52. The van der Waals surface area contributed by atoms with E-state index in [9.17, 15) is 0 Å². The zero-order valence-electron chi connectivity index (χ0n) is 8.55. The van der Waals surface area contributed by atoms with Crippen LogP contribution in [0.4, 0.5) is 5.69 Å². The lowest BCUT2D eigenvalue weighted by Gasteiger charge is -2.37. The van der Waals surface area contributed by atoms with Gasteiger partial charge in [-0.15, -0.1) is 0 Å². The number of ether oxygens (including phenoxy) is 1. The predicted octanol–water partition coefficient (Wildman–Crippen LogP) is 3.57. The molecule has 3 heteroatoms. The molecule has 0 unspecified atom stereocenters. The van der Waals surface area contributed by atoms with Crippen LogP contribution in [0.15, 0.2) is 22.7 Å². The van der Waals surface area contributed by atoms with Crippen molar-refractivity contribution in [3.05, 3.63) is 22.7 Å². The molecule has 1 spiro atoms. The van der Waals surface area contributed by atoms with Gasteiger partial charge in [-0.2, -0.15) is 0 Å². The smallest absolute Gasteiger partial charge is 0.156 e. The molecule has 0 radical (unpaired) electrons. The Hall–Kier alpha value is -0.700. The van der Waals surface area contributed by atoms with Gasteiger partial charge in [0.25, 0.3) is 0 Å². The highest BCUT2D eigenvalue weighted by atomic mass is 79.9. The lowest BCUT2D eigenvalue weighted by atomic mass is 9.96. The number of rotatable bonds is 0. The van der Waals surface area contributed by atoms with Crippen LogP contribution in [0.25, 0.3) is 0 Å². The molecule has 1 aromatic carbocycles. The third-order valence-electron chi connectivity index (χ3n) is 3.42. The van der Waals surface area contributed by atoms with E-state index in [0.717, 1.165) is 22.5 Å². The zero-order valence-corrected chi connectivity index (χ0v) is 10.1. The molecule has 80 valence electrons. The molecule has 0 aromatic heterocycles. The summed E-state index contributed by atoms with van der Waals surface area (Å²) in [5.41, 5.74) is 1.35. The fourth-order valence-electron chi connectivity index (χ4n) is 2.61. The van der Waals surface area contributed by atoms with Crippen molar-refractivity contribution in [2.24, 2.45) is 0 Å². The Balaban J connectivity index is 1.96. The summed E-state index contributed by atoms with van der Waals surface area (Å²) >= 11 is 3.51. The first-order chi connectivity index (χ1) is 7.29. The molecule has 2 nitrogen and oxygen atoms in total. The van der Waals surface area contributed by atoms with Gasteiger partial charge in [0.05, 0.1) is 15.7 Å². The average molecular weight is 268 g/mol. The van der Waals surface area contributed by atoms with Gasteiger partial charge in [-0.05, 0) is 40.9 Å². The van der Waals surface area contributed by atoms with Gasteiger partial charge in [-0.25, -0.2) is 0 Å². The molecule has 1 heterocycles. The number of para-hydroxylation sites is 1. The molecule has 1 aliphatic heterocycles. The number of anilines is 1. The van der Waals surface area contributed by atoms with Gasteiger partial charge in [0.15, 0.2) is 5.75 Å². The van der Waals surface area contributed by atoms with Crippen molar-refractivity contribution in [1.29, 1.82) is 0 Å². The van der Waals surface area contributed by atoms with E-state index in [4.69, 9.17) is 4.74 Å². The Kier molecular flexibility index (Phi) is 2.16. The van der Waals surface area contributed by atoms with Gasteiger partial charge >= 0.3 is 0 Å². The Morgan fingerprint density at radius 2 is 2.07 bits per heavy atom. The van der Waals surface area contributed by atoms with Crippen molar-refractivity contribution < 1.29 is 4.74 Å². The van der Waals surface area contributed by atoms with E-state index in [0.29, 0.717) is 0 Å². The zero-order chi connectivity index (χ0) is 10.3. The maximum absolute atomic E-state index is 5.88. The van der Waals surface area contributed by atoms with Crippen molar-refractivity contribution in [2.45, 2.75) is 31.2 Å². The molecule has 1 fully saturated rings. The Morgan fingerprint density at radius 1 is 1.27 bits per heavy atom. The second kappa shape index (κ2) is 3.41. The van der Waals surface area contributed by atoms with Crippen LogP contribution in [0.3, 0.4) is 0 Å². The van der Waals surface area contributed by atoms with E-state index in [2.05, 4.69) is 27.3 Å². The third-order valence-corrected chi connectivity index (χ3v) is 4.04. The molecular formula is C12H14BrNO. The van der Waals surface area contributed by atoms with Crippen LogP contribution in [-0.2, 0) is 0 Å². The van der Waals surface area contributed by atoms with E-state index in [1.165, 1.54) is 25.7 Å². The Labute approximate surface area is 98.1 Å². The van der Waals surface area contributed by atoms with Crippen molar-refractivity contribution in [2.75, 3.05) is 11.9 Å². The Bertz CT molecular complexity index is 385. The summed E-state index contributed by atoms with van der Waals surface area (Å²) in [6, 6.07) is 6.17. The van der Waals surface area contributed by atoms with Crippen LogP contribution in [0.1, 0.15) is 25.7 Å². The average Bonchev–Trinajstić information content (AvgIpc) is 2.66. The predicted molar refractivity (Wildman–Crippen MR) is 64.5 cm³/mol. The summed E-state index contributed by atoms with van der Waals surface area (Å²) in [7, 11) is 0. The summed E-state index contributed by atoms with van der Waals surface area (Å²) in [6.07, 6.45) is 5.11. The number of nitrogens with one attached hydrogen (secondary N) is 1. The van der Waals surface area contributed by atoms with E-state index < -0.39 is 0 Å². The number of benzene rings is 1. The van der Waals surface area contributed by atoms with Gasteiger partial charge < -0.3 is 10.1 Å². The number of hydrogen-bond acceptors (Lipinski definition) is 2. The van der Waals surface area contributed by atoms with Crippen LogP contribution in [0, 0.1) is 0 Å². The number of hydrogen-bond donors (Lipinski definition) is 1. The van der Waals surface area contributed by atoms with Crippen LogP contribution in [-0.4, -0.2) is 12.1 Å². The lowest BCUT2D eigenvalue weighted by Crippen LogP contribution is -2.44. The molecule has 15 heavy (non-hydrogen) atoms. The minimum atomic E-state index is 0.216. The normalized spacial score (nSPS) is 21.9. The lowest BCUT2D eigenvalue weighted by molar-refractivity contribution is 0.219. The minimum absolute atomic E-state index is 0.216. The summed E-state index contributed by atoms with van der Waals surface area (Å²) < 4.78 is 6.92. The van der Waals surface area contributed by atoms with Gasteiger partial charge in [0.1, 0.15) is 6.61 Å². The summed E-state index contributed by atoms with van der Waals surface area (Å²) in [6.45, 7) is 0.808. The quantitative estimate of drug-likeness (QED) is 0.776. The van der Waals surface area contributed by atoms with Crippen molar-refractivity contribution in [1.82, 2.24) is 0 Å². The monoisotopic (exact) mass is 267 g/mol. The summed E-state index contributed by atoms with van der Waals surface area (Å²) in [5.74, 6) is 0.968. The van der Waals surface area contributed by atoms with Crippen molar-refractivity contribution in [3.63, 3.8) is 0 Å². The summed E-state index contributed by atoms with van der Waals surface area (Å²) in [4.78, 5) is 0. The first-order valence-electron chi connectivity index (χ1n) is 5.49. The fraction of sp³-hybridized carbons (Fsp3) is 0.500. The van der Waals surface area contributed by atoms with E-state index >= 15 is 0 Å². The van der Waals surface area contributed by atoms with E-state index in [1.807, 2.05) is 12.1 Å². The molecular weight excluding hydrogens is 254 g/mol. The van der Waals surface area contributed by atoms with Gasteiger partial charge in [-0.3, -0.25) is 0 Å². The number of halogens is 1. The van der Waals surface area contributed by atoms with Gasteiger partial charge in [0.2, 0.25) is 0 Å².